The van der Waals surface area contributed by atoms with Crippen LogP contribution in [-0.4, -0.2) is 24.4 Å². The predicted octanol–water partition coefficient (Wildman–Crippen LogP) is 5.59. The minimum absolute atomic E-state index is 0.156. The van der Waals surface area contributed by atoms with Crippen LogP contribution >= 0.6 is 34.8 Å². The first-order valence-electron chi connectivity index (χ1n) is 8.18. The Morgan fingerprint density at radius 2 is 1.88 bits per heavy atom. The number of likely N-dealkylation sites (N-methyl/N-ethyl adjacent to an activating group) is 1. The van der Waals surface area contributed by atoms with Crippen molar-refractivity contribution in [2.75, 3.05) is 18.9 Å². The van der Waals surface area contributed by atoms with Crippen LogP contribution in [0.25, 0.3) is 0 Å². The Labute approximate surface area is 162 Å². The van der Waals surface area contributed by atoms with E-state index in [4.69, 9.17) is 34.8 Å². The Kier molecular flexibility index (Phi) is 5.90. The van der Waals surface area contributed by atoms with E-state index in [2.05, 4.69) is 34.5 Å². The number of nitrogens with one attached hydrogen (secondary N) is 1. The summed E-state index contributed by atoms with van der Waals surface area (Å²) in [6, 6.07) is 11.8. The Morgan fingerprint density at radius 3 is 2.60 bits per heavy atom. The summed E-state index contributed by atoms with van der Waals surface area (Å²) >= 11 is 18.2. The molecule has 0 unspecified atom stereocenters. The zero-order valence-electron chi connectivity index (χ0n) is 13.9. The van der Waals surface area contributed by atoms with Crippen LogP contribution in [0.1, 0.15) is 30.0 Å². The number of amides is 1. The Bertz CT molecular complexity index is 771. The van der Waals surface area contributed by atoms with E-state index in [9.17, 15) is 4.79 Å². The first-order chi connectivity index (χ1) is 12.0. The third-order valence-corrected chi connectivity index (χ3v) is 5.35. The molecule has 132 valence electrons. The summed E-state index contributed by atoms with van der Waals surface area (Å²) in [5, 5.41) is 3.89. The minimum atomic E-state index is -0.156. The number of nitrogens with zero attached hydrogens (tertiary/aromatic N) is 1. The van der Waals surface area contributed by atoms with Crippen molar-refractivity contribution >= 4 is 46.4 Å². The Hall–Kier alpha value is -1.26. The van der Waals surface area contributed by atoms with Crippen LogP contribution in [0.3, 0.4) is 0 Å². The molecule has 0 aromatic heterocycles. The first kappa shape index (κ1) is 18.5. The van der Waals surface area contributed by atoms with E-state index in [1.165, 1.54) is 11.1 Å². The van der Waals surface area contributed by atoms with Gasteiger partial charge < -0.3 is 5.32 Å². The number of fused-ring (bicyclic) bond motifs is 1. The summed E-state index contributed by atoms with van der Waals surface area (Å²) in [6.45, 7) is 0.258. The molecule has 1 N–H and O–H groups in total. The number of carbonyl (C=O) groups excluding carboxylic acids is 1. The molecule has 0 bridgehead atoms. The lowest BCUT2D eigenvalue weighted by molar-refractivity contribution is -0.117. The molecule has 0 aliphatic heterocycles. The van der Waals surface area contributed by atoms with Crippen LogP contribution in [0, 0.1) is 0 Å². The molecular weight excluding hydrogens is 379 g/mol. The third-order valence-electron chi connectivity index (χ3n) is 4.53. The highest BCUT2D eigenvalue weighted by Crippen LogP contribution is 2.35. The predicted molar refractivity (Wildman–Crippen MR) is 105 cm³/mol. The second-order valence-corrected chi connectivity index (χ2v) is 7.57. The van der Waals surface area contributed by atoms with Crippen molar-refractivity contribution in [3.8, 4) is 0 Å². The number of halogens is 3. The van der Waals surface area contributed by atoms with Crippen molar-refractivity contribution in [1.82, 2.24) is 4.90 Å². The number of anilines is 1. The van der Waals surface area contributed by atoms with Gasteiger partial charge in [-0.1, -0.05) is 59.1 Å². The molecule has 0 saturated heterocycles. The molecule has 0 heterocycles. The van der Waals surface area contributed by atoms with Gasteiger partial charge in [-0.05, 0) is 49.6 Å². The molecule has 0 saturated carbocycles. The minimum Gasteiger partial charge on any atom is -0.322 e. The number of carbonyl (C=O) groups is 1. The summed E-state index contributed by atoms with van der Waals surface area (Å²) in [4.78, 5) is 14.5. The van der Waals surface area contributed by atoms with Gasteiger partial charge in [-0.2, -0.15) is 0 Å². The highest BCUT2D eigenvalue weighted by atomic mass is 35.5. The van der Waals surface area contributed by atoms with Gasteiger partial charge in [0.25, 0.3) is 0 Å². The van der Waals surface area contributed by atoms with Gasteiger partial charge in [-0.3, -0.25) is 9.69 Å². The fourth-order valence-electron chi connectivity index (χ4n) is 3.36. The van der Waals surface area contributed by atoms with Crippen molar-refractivity contribution < 1.29 is 4.79 Å². The average molecular weight is 398 g/mol. The van der Waals surface area contributed by atoms with E-state index in [-0.39, 0.29) is 18.5 Å². The molecule has 3 nitrogen and oxygen atoms in total. The fraction of sp³-hybridized carbons (Fsp3) is 0.316. The highest BCUT2D eigenvalue weighted by Gasteiger charge is 2.25. The van der Waals surface area contributed by atoms with Crippen LogP contribution in [-0.2, 0) is 11.2 Å². The first-order valence-corrected chi connectivity index (χ1v) is 9.31. The lowest BCUT2D eigenvalue weighted by Crippen LogP contribution is -2.35. The molecule has 1 aliphatic carbocycles. The van der Waals surface area contributed by atoms with E-state index < -0.39 is 0 Å². The van der Waals surface area contributed by atoms with Gasteiger partial charge in [-0.25, -0.2) is 0 Å². The summed E-state index contributed by atoms with van der Waals surface area (Å²) in [7, 11) is 1.97. The summed E-state index contributed by atoms with van der Waals surface area (Å²) in [5.41, 5.74) is 3.08. The van der Waals surface area contributed by atoms with Gasteiger partial charge in [-0.15, -0.1) is 0 Å². The molecule has 6 heteroatoms. The zero-order valence-corrected chi connectivity index (χ0v) is 16.1. The SMILES string of the molecule is CN(CC(=O)Nc1c(Cl)cc(Cl)cc1Cl)[C@@H]1CCCc2ccccc21. The van der Waals surface area contributed by atoms with Crippen LogP contribution in [0.5, 0.6) is 0 Å². The van der Waals surface area contributed by atoms with Gasteiger partial charge in [0.15, 0.2) is 0 Å². The van der Waals surface area contributed by atoms with E-state index in [0.29, 0.717) is 20.8 Å². The molecular formula is C19H19Cl3N2O. The Balaban J connectivity index is 1.70. The van der Waals surface area contributed by atoms with Crippen LogP contribution < -0.4 is 5.32 Å². The van der Waals surface area contributed by atoms with E-state index in [1.807, 2.05) is 7.05 Å². The van der Waals surface area contributed by atoms with Gasteiger partial charge in [0.05, 0.1) is 22.3 Å². The topological polar surface area (TPSA) is 32.3 Å². The number of benzene rings is 2. The van der Waals surface area contributed by atoms with Crippen LogP contribution in [0.4, 0.5) is 5.69 Å². The lowest BCUT2D eigenvalue weighted by atomic mass is 9.87. The maximum Gasteiger partial charge on any atom is 0.238 e. The van der Waals surface area contributed by atoms with Gasteiger partial charge in [0, 0.05) is 11.1 Å². The van der Waals surface area contributed by atoms with Crippen LogP contribution in [0.2, 0.25) is 15.1 Å². The third kappa shape index (κ3) is 4.29. The molecule has 25 heavy (non-hydrogen) atoms. The van der Waals surface area contributed by atoms with Crippen molar-refractivity contribution in [2.24, 2.45) is 0 Å². The van der Waals surface area contributed by atoms with E-state index in [1.54, 1.807) is 12.1 Å². The monoisotopic (exact) mass is 396 g/mol. The molecule has 0 fully saturated rings. The van der Waals surface area contributed by atoms with Crippen molar-refractivity contribution in [3.63, 3.8) is 0 Å². The smallest absolute Gasteiger partial charge is 0.238 e. The standard InChI is InChI=1S/C19H19Cl3N2O/c1-24(17-8-4-6-12-5-2-3-7-14(12)17)11-18(25)23-19-15(21)9-13(20)10-16(19)22/h2-3,5,7,9-10,17H,4,6,8,11H2,1H3,(H,23,25)/t17-/m1/s1. The molecule has 0 radical (unpaired) electrons. The van der Waals surface area contributed by atoms with Crippen molar-refractivity contribution in [1.29, 1.82) is 0 Å². The second kappa shape index (κ2) is 7.96. The molecule has 1 atom stereocenters. The van der Waals surface area contributed by atoms with E-state index in [0.717, 1.165) is 19.3 Å². The second-order valence-electron chi connectivity index (χ2n) is 6.31. The zero-order chi connectivity index (χ0) is 18.0. The fourth-order valence-corrected chi connectivity index (χ4v) is 4.27. The molecule has 1 aliphatic rings. The molecule has 2 aromatic rings. The maximum atomic E-state index is 12.5. The summed E-state index contributed by atoms with van der Waals surface area (Å²) in [6.07, 6.45) is 3.27. The van der Waals surface area contributed by atoms with Gasteiger partial charge in [0.2, 0.25) is 5.91 Å². The molecule has 3 rings (SSSR count). The summed E-state index contributed by atoms with van der Waals surface area (Å²) in [5.74, 6) is -0.156. The van der Waals surface area contributed by atoms with E-state index >= 15 is 0 Å². The Morgan fingerprint density at radius 1 is 1.20 bits per heavy atom. The van der Waals surface area contributed by atoms with Gasteiger partial charge >= 0.3 is 0 Å². The molecule has 0 spiro atoms. The van der Waals surface area contributed by atoms with Gasteiger partial charge in [0.1, 0.15) is 0 Å². The highest BCUT2D eigenvalue weighted by molar-refractivity contribution is 6.42. The van der Waals surface area contributed by atoms with Crippen molar-refractivity contribution in [2.45, 2.75) is 25.3 Å². The number of hydrogen-bond donors (Lipinski definition) is 1. The normalized spacial score (nSPS) is 16.6. The number of rotatable bonds is 4. The summed E-state index contributed by atoms with van der Waals surface area (Å²) < 4.78 is 0. The molecule has 2 aromatic carbocycles. The number of hydrogen-bond acceptors (Lipinski definition) is 2. The maximum absolute atomic E-state index is 12.5. The average Bonchev–Trinajstić information content (AvgIpc) is 2.57. The van der Waals surface area contributed by atoms with Crippen molar-refractivity contribution in [3.05, 3.63) is 62.6 Å². The lowest BCUT2D eigenvalue weighted by Gasteiger charge is -2.32. The largest absolute Gasteiger partial charge is 0.322 e. The molecule has 1 amide bonds. The van der Waals surface area contributed by atoms with Crippen LogP contribution in [0.15, 0.2) is 36.4 Å². The number of aryl methyl sites for hydroxylation is 1. The quantitative estimate of drug-likeness (QED) is 0.729.